The number of ether oxygens (including phenoxy) is 4. The van der Waals surface area contributed by atoms with Crippen LogP contribution in [-0.2, 0) is 18.9 Å². The van der Waals surface area contributed by atoms with Crippen molar-refractivity contribution < 1.29 is 29.2 Å². The maximum absolute atomic E-state index is 10.1. The molecule has 2 unspecified atom stereocenters. The minimum absolute atomic E-state index is 0.272. The second kappa shape index (κ2) is 5.77. The van der Waals surface area contributed by atoms with Gasteiger partial charge in [0.25, 0.3) is 0 Å². The molecule has 2 heterocycles. The molecular weight excluding hydrogens is 264 g/mol. The van der Waals surface area contributed by atoms with Crippen molar-refractivity contribution in [2.75, 3.05) is 13.7 Å². The molecule has 2 aliphatic rings. The Morgan fingerprint density at radius 3 is 2.55 bits per heavy atom. The maximum atomic E-state index is 10.1. The molecule has 0 saturated carbocycles. The summed E-state index contributed by atoms with van der Waals surface area (Å²) in [6, 6.07) is 9.45. The Morgan fingerprint density at radius 2 is 1.85 bits per heavy atom. The highest BCUT2D eigenvalue weighted by atomic mass is 16.7. The second-order valence-corrected chi connectivity index (χ2v) is 4.94. The van der Waals surface area contributed by atoms with Crippen molar-refractivity contribution in [2.45, 2.75) is 37.0 Å². The van der Waals surface area contributed by atoms with Crippen molar-refractivity contribution in [3.8, 4) is 0 Å². The molecule has 0 aromatic heterocycles. The van der Waals surface area contributed by atoms with Crippen molar-refractivity contribution >= 4 is 0 Å². The molecule has 0 radical (unpaired) electrons. The molecule has 6 heteroatoms. The minimum atomic E-state index is -1.14. The van der Waals surface area contributed by atoms with E-state index in [1.807, 2.05) is 30.3 Å². The van der Waals surface area contributed by atoms with Gasteiger partial charge in [-0.05, 0) is 0 Å². The van der Waals surface area contributed by atoms with Crippen LogP contribution < -0.4 is 0 Å². The molecule has 0 spiro atoms. The summed E-state index contributed by atoms with van der Waals surface area (Å²) in [6.07, 6.45) is -4.76. The van der Waals surface area contributed by atoms with Crippen molar-refractivity contribution in [3.05, 3.63) is 35.9 Å². The van der Waals surface area contributed by atoms with Gasteiger partial charge in [-0.15, -0.1) is 0 Å². The Hall–Kier alpha value is -1.02. The lowest BCUT2D eigenvalue weighted by atomic mass is 9.98. The second-order valence-electron chi connectivity index (χ2n) is 4.94. The van der Waals surface area contributed by atoms with Crippen LogP contribution in [0.25, 0.3) is 0 Å². The Kier molecular flexibility index (Phi) is 4.02. The fourth-order valence-electron chi connectivity index (χ4n) is 2.55. The van der Waals surface area contributed by atoms with E-state index in [9.17, 15) is 10.2 Å². The van der Waals surface area contributed by atoms with E-state index in [1.54, 1.807) is 0 Å². The summed E-state index contributed by atoms with van der Waals surface area (Å²) in [7, 11) is 1.41. The number of aliphatic hydroxyl groups is 2. The average molecular weight is 282 g/mol. The molecule has 110 valence electrons. The fraction of sp³-hybridized carbons (Fsp3) is 0.571. The molecule has 3 rings (SSSR count). The molecular formula is C14H18O6. The number of fused-ring (bicyclic) bond motifs is 1. The highest BCUT2D eigenvalue weighted by Gasteiger charge is 2.48. The van der Waals surface area contributed by atoms with E-state index >= 15 is 0 Å². The summed E-state index contributed by atoms with van der Waals surface area (Å²) in [6.45, 7) is 0.272. The predicted octanol–water partition coefficient (Wildman–Crippen LogP) is 0.194. The lowest BCUT2D eigenvalue weighted by molar-refractivity contribution is -0.358. The summed E-state index contributed by atoms with van der Waals surface area (Å²) >= 11 is 0. The number of benzene rings is 1. The first-order valence-electron chi connectivity index (χ1n) is 6.57. The third-order valence-corrected chi connectivity index (χ3v) is 3.64. The van der Waals surface area contributed by atoms with Gasteiger partial charge >= 0.3 is 0 Å². The van der Waals surface area contributed by atoms with Crippen molar-refractivity contribution in [1.29, 1.82) is 0 Å². The number of hydrogen-bond donors (Lipinski definition) is 2. The molecule has 1 aromatic carbocycles. The van der Waals surface area contributed by atoms with Crippen molar-refractivity contribution in [2.24, 2.45) is 0 Å². The molecule has 2 saturated heterocycles. The highest BCUT2D eigenvalue weighted by molar-refractivity contribution is 5.16. The van der Waals surface area contributed by atoms with Crippen LogP contribution in [-0.4, -0.2) is 54.6 Å². The van der Waals surface area contributed by atoms with Gasteiger partial charge in [0.2, 0.25) is 0 Å². The van der Waals surface area contributed by atoms with E-state index in [0.717, 1.165) is 5.56 Å². The van der Waals surface area contributed by atoms with Crippen LogP contribution in [0.2, 0.25) is 0 Å². The topological polar surface area (TPSA) is 77.4 Å². The van der Waals surface area contributed by atoms with E-state index in [1.165, 1.54) is 7.11 Å². The van der Waals surface area contributed by atoms with Crippen LogP contribution in [0.15, 0.2) is 30.3 Å². The summed E-state index contributed by atoms with van der Waals surface area (Å²) in [5.41, 5.74) is 0.863. The van der Waals surface area contributed by atoms with Crippen molar-refractivity contribution in [1.82, 2.24) is 0 Å². The Morgan fingerprint density at radius 1 is 1.10 bits per heavy atom. The van der Waals surface area contributed by atoms with Gasteiger partial charge in [-0.25, -0.2) is 0 Å². The quantitative estimate of drug-likeness (QED) is 0.806. The van der Waals surface area contributed by atoms with E-state index in [0.29, 0.717) is 0 Å². The Balaban J connectivity index is 1.74. The lowest BCUT2D eigenvalue weighted by Crippen LogP contribution is -2.62. The van der Waals surface area contributed by atoms with Crippen LogP contribution in [0, 0.1) is 0 Å². The first-order valence-corrected chi connectivity index (χ1v) is 6.57. The SMILES string of the molecule is CO[C@H]1O[C@@H]2COC(c3ccccc3)OC2[C@H](O)[C@H]1O. The Labute approximate surface area is 116 Å². The molecule has 1 aromatic rings. The molecule has 6 nitrogen and oxygen atoms in total. The third kappa shape index (κ3) is 2.46. The zero-order valence-electron chi connectivity index (χ0n) is 11.1. The van der Waals surface area contributed by atoms with Crippen molar-refractivity contribution in [3.63, 3.8) is 0 Å². The van der Waals surface area contributed by atoms with Gasteiger partial charge in [-0.1, -0.05) is 30.3 Å². The predicted molar refractivity (Wildman–Crippen MR) is 67.7 cm³/mol. The molecule has 0 aliphatic carbocycles. The van der Waals surface area contributed by atoms with Gasteiger partial charge in [0, 0.05) is 12.7 Å². The Bertz CT molecular complexity index is 437. The summed E-state index contributed by atoms with van der Waals surface area (Å²) in [5, 5.41) is 20.1. The largest absolute Gasteiger partial charge is 0.387 e. The first-order chi connectivity index (χ1) is 9.70. The first kappa shape index (κ1) is 13.9. The maximum Gasteiger partial charge on any atom is 0.186 e. The van der Waals surface area contributed by atoms with Crippen LogP contribution in [0.3, 0.4) is 0 Å². The van der Waals surface area contributed by atoms with Crippen LogP contribution in [0.5, 0.6) is 0 Å². The average Bonchev–Trinajstić information content (AvgIpc) is 2.51. The van der Waals surface area contributed by atoms with E-state index in [4.69, 9.17) is 18.9 Å². The van der Waals surface area contributed by atoms with Gasteiger partial charge in [0.15, 0.2) is 12.6 Å². The monoisotopic (exact) mass is 282 g/mol. The standard InChI is InChI=1S/C14H18O6/c1-17-14-11(16)10(15)12-9(19-14)7-18-13(20-12)8-5-3-2-4-6-8/h2-6,9-16H,7H2,1H3/t9-,10-,11-,12?,13?,14+/m1/s1. The number of rotatable bonds is 2. The lowest BCUT2D eigenvalue weighted by Gasteiger charge is -2.45. The number of hydrogen-bond acceptors (Lipinski definition) is 6. The summed E-state index contributed by atoms with van der Waals surface area (Å²) < 4.78 is 21.9. The van der Waals surface area contributed by atoms with E-state index < -0.39 is 37.0 Å². The highest BCUT2D eigenvalue weighted by Crippen LogP contribution is 2.33. The molecule has 0 amide bonds. The van der Waals surface area contributed by atoms with E-state index in [-0.39, 0.29) is 6.61 Å². The molecule has 20 heavy (non-hydrogen) atoms. The zero-order chi connectivity index (χ0) is 14.1. The molecule has 2 aliphatic heterocycles. The molecule has 2 fully saturated rings. The van der Waals surface area contributed by atoms with Crippen LogP contribution in [0.4, 0.5) is 0 Å². The van der Waals surface area contributed by atoms with Gasteiger partial charge in [0.05, 0.1) is 6.61 Å². The third-order valence-electron chi connectivity index (χ3n) is 3.64. The van der Waals surface area contributed by atoms with Crippen LogP contribution in [0.1, 0.15) is 11.9 Å². The smallest absolute Gasteiger partial charge is 0.186 e. The fourth-order valence-corrected chi connectivity index (χ4v) is 2.55. The molecule has 2 N–H and O–H groups in total. The zero-order valence-corrected chi connectivity index (χ0v) is 11.1. The van der Waals surface area contributed by atoms with Gasteiger partial charge in [-0.3, -0.25) is 0 Å². The van der Waals surface area contributed by atoms with Gasteiger partial charge in [-0.2, -0.15) is 0 Å². The normalized spacial score (nSPS) is 41.1. The minimum Gasteiger partial charge on any atom is -0.387 e. The number of methoxy groups -OCH3 is 1. The van der Waals surface area contributed by atoms with Gasteiger partial charge < -0.3 is 29.2 Å². The van der Waals surface area contributed by atoms with Crippen LogP contribution >= 0.6 is 0 Å². The number of aliphatic hydroxyl groups excluding tert-OH is 2. The van der Waals surface area contributed by atoms with E-state index in [2.05, 4.69) is 0 Å². The summed E-state index contributed by atoms with van der Waals surface area (Å²) in [5.74, 6) is 0. The van der Waals surface area contributed by atoms with Gasteiger partial charge in [0.1, 0.15) is 24.4 Å². The molecule has 6 atom stereocenters. The molecule has 0 bridgehead atoms. The summed E-state index contributed by atoms with van der Waals surface area (Å²) in [4.78, 5) is 0.